The van der Waals surface area contributed by atoms with Crippen molar-refractivity contribution in [2.75, 3.05) is 18.5 Å². The van der Waals surface area contributed by atoms with Crippen LogP contribution in [0.1, 0.15) is 26.0 Å². The van der Waals surface area contributed by atoms with Crippen molar-refractivity contribution in [1.82, 2.24) is 9.55 Å². The standard InChI is InChI=1S/C17H21N3O5/c1-2-24-12-5-3-11(4-6-12)18-14-9-20(17(23)19-16(14)22)15-8-7-13(10-21)25-15/h3-6,9,13,15,18,21H,2,7-8,10H2,1H3,(H,19,22,23)/t13-,15+/m0/s1. The van der Waals surface area contributed by atoms with Gasteiger partial charge in [-0.3, -0.25) is 14.3 Å². The molecule has 1 fully saturated rings. The molecule has 25 heavy (non-hydrogen) atoms. The van der Waals surface area contributed by atoms with Crippen molar-refractivity contribution >= 4 is 11.4 Å². The molecule has 8 nitrogen and oxygen atoms in total. The molecule has 3 N–H and O–H groups in total. The predicted molar refractivity (Wildman–Crippen MR) is 92.4 cm³/mol. The van der Waals surface area contributed by atoms with Gasteiger partial charge < -0.3 is 19.9 Å². The Morgan fingerprint density at radius 2 is 2.08 bits per heavy atom. The van der Waals surface area contributed by atoms with Crippen molar-refractivity contribution in [1.29, 1.82) is 0 Å². The number of ether oxygens (including phenoxy) is 2. The van der Waals surface area contributed by atoms with E-state index in [-0.39, 0.29) is 18.4 Å². The van der Waals surface area contributed by atoms with Crippen LogP contribution in [-0.4, -0.2) is 34.0 Å². The average Bonchev–Trinajstić information content (AvgIpc) is 3.08. The van der Waals surface area contributed by atoms with Gasteiger partial charge in [-0.05, 0) is 44.0 Å². The van der Waals surface area contributed by atoms with Crippen LogP contribution in [0.3, 0.4) is 0 Å². The molecule has 1 saturated heterocycles. The summed E-state index contributed by atoms with van der Waals surface area (Å²) < 4.78 is 12.3. The molecule has 3 rings (SSSR count). The van der Waals surface area contributed by atoms with Crippen LogP contribution >= 0.6 is 0 Å². The van der Waals surface area contributed by atoms with Gasteiger partial charge in [0, 0.05) is 11.9 Å². The third kappa shape index (κ3) is 3.92. The molecule has 0 radical (unpaired) electrons. The first-order chi connectivity index (χ1) is 12.1. The maximum atomic E-state index is 12.1. The topological polar surface area (TPSA) is 106 Å². The Kier molecular flexibility index (Phi) is 5.20. The van der Waals surface area contributed by atoms with Gasteiger partial charge in [0.05, 0.1) is 19.3 Å². The zero-order valence-electron chi connectivity index (χ0n) is 13.9. The number of nitrogens with zero attached hydrogens (tertiary/aromatic N) is 1. The highest BCUT2D eigenvalue weighted by Gasteiger charge is 2.27. The lowest BCUT2D eigenvalue weighted by Crippen LogP contribution is -2.33. The Morgan fingerprint density at radius 3 is 2.72 bits per heavy atom. The summed E-state index contributed by atoms with van der Waals surface area (Å²) in [7, 11) is 0. The summed E-state index contributed by atoms with van der Waals surface area (Å²) in [6, 6.07) is 7.16. The smallest absolute Gasteiger partial charge is 0.330 e. The number of nitrogens with one attached hydrogen (secondary N) is 2. The minimum absolute atomic E-state index is 0.0914. The van der Waals surface area contributed by atoms with Gasteiger partial charge in [-0.25, -0.2) is 4.79 Å². The van der Waals surface area contributed by atoms with E-state index in [4.69, 9.17) is 14.6 Å². The summed E-state index contributed by atoms with van der Waals surface area (Å²) in [6.45, 7) is 2.39. The Labute approximate surface area is 144 Å². The second-order valence-corrected chi connectivity index (χ2v) is 5.76. The Balaban J connectivity index is 1.83. The fraction of sp³-hybridized carbons (Fsp3) is 0.412. The van der Waals surface area contributed by atoms with Crippen molar-refractivity contribution in [3.63, 3.8) is 0 Å². The Morgan fingerprint density at radius 1 is 1.32 bits per heavy atom. The largest absolute Gasteiger partial charge is 0.494 e. The second-order valence-electron chi connectivity index (χ2n) is 5.76. The van der Waals surface area contributed by atoms with Gasteiger partial charge in [-0.15, -0.1) is 0 Å². The Bertz CT molecular complexity index is 827. The van der Waals surface area contributed by atoms with Crippen molar-refractivity contribution in [3.8, 4) is 5.75 Å². The lowest BCUT2D eigenvalue weighted by Gasteiger charge is -2.16. The summed E-state index contributed by atoms with van der Waals surface area (Å²) in [5.41, 5.74) is -0.114. The lowest BCUT2D eigenvalue weighted by molar-refractivity contribution is -0.0245. The van der Waals surface area contributed by atoms with Crippen molar-refractivity contribution in [2.45, 2.75) is 32.1 Å². The number of rotatable bonds is 6. The quantitative estimate of drug-likeness (QED) is 0.728. The minimum atomic E-state index is -0.536. The Hall–Kier alpha value is -2.58. The van der Waals surface area contributed by atoms with E-state index in [2.05, 4.69) is 10.3 Å². The molecule has 0 aliphatic carbocycles. The maximum Gasteiger partial charge on any atom is 0.330 e. The molecule has 8 heteroatoms. The van der Waals surface area contributed by atoms with E-state index in [1.54, 1.807) is 24.3 Å². The van der Waals surface area contributed by atoms with E-state index in [1.165, 1.54) is 10.8 Å². The number of H-pyrrole nitrogens is 1. The lowest BCUT2D eigenvalue weighted by atomic mass is 10.2. The van der Waals surface area contributed by atoms with Gasteiger partial charge in [-0.2, -0.15) is 0 Å². The second kappa shape index (κ2) is 7.54. The maximum absolute atomic E-state index is 12.1. The molecule has 1 aliphatic heterocycles. The summed E-state index contributed by atoms with van der Waals surface area (Å²) in [6.07, 6.45) is 1.92. The first-order valence-corrected chi connectivity index (χ1v) is 8.22. The number of hydrogen-bond acceptors (Lipinski definition) is 6. The molecule has 2 heterocycles. The van der Waals surface area contributed by atoms with Crippen LogP contribution in [0.25, 0.3) is 0 Å². The van der Waals surface area contributed by atoms with Crippen LogP contribution in [0, 0.1) is 0 Å². The fourth-order valence-corrected chi connectivity index (χ4v) is 2.77. The number of aromatic nitrogens is 2. The molecule has 1 aromatic heterocycles. The van der Waals surface area contributed by atoms with E-state index in [9.17, 15) is 9.59 Å². The molecule has 1 aliphatic rings. The van der Waals surface area contributed by atoms with Gasteiger partial charge in [-0.1, -0.05) is 0 Å². The van der Waals surface area contributed by atoms with Crippen LogP contribution in [0.5, 0.6) is 5.75 Å². The molecular weight excluding hydrogens is 326 g/mol. The number of aromatic amines is 1. The van der Waals surface area contributed by atoms with E-state index in [1.807, 2.05) is 6.92 Å². The van der Waals surface area contributed by atoms with Crippen LogP contribution < -0.4 is 21.3 Å². The zero-order valence-corrected chi connectivity index (χ0v) is 13.9. The van der Waals surface area contributed by atoms with E-state index >= 15 is 0 Å². The first kappa shape index (κ1) is 17.2. The minimum Gasteiger partial charge on any atom is -0.494 e. The van der Waals surface area contributed by atoms with Crippen LogP contribution in [0.2, 0.25) is 0 Å². The van der Waals surface area contributed by atoms with Crippen LogP contribution in [-0.2, 0) is 4.74 Å². The van der Waals surface area contributed by atoms with E-state index in [0.29, 0.717) is 25.1 Å². The molecule has 0 spiro atoms. The van der Waals surface area contributed by atoms with Crippen LogP contribution in [0.15, 0.2) is 40.1 Å². The monoisotopic (exact) mass is 347 g/mol. The summed E-state index contributed by atoms with van der Waals surface area (Å²) in [4.78, 5) is 26.4. The van der Waals surface area contributed by atoms with Crippen LogP contribution in [0.4, 0.5) is 11.4 Å². The molecule has 2 atom stereocenters. The van der Waals surface area contributed by atoms with Gasteiger partial charge in [0.1, 0.15) is 17.7 Å². The predicted octanol–water partition coefficient (Wildman–Crippen LogP) is 1.35. The normalized spacial score (nSPS) is 19.8. The highest BCUT2D eigenvalue weighted by Crippen LogP contribution is 2.27. The third-order valence-electron chi connectivity index (χ3n) is 4.01. The number of hydrogen-bond donors (Lipinski definition) is 3. The zero-order chi connectivity index (χ0) is 17.8. The van der Waals surface area contributed by atoms with E-state index < -0.39 is 17.5 Å². The van der Waals surface area contributed by atoms with Gasteiger partial charge in [0.15, 0.2) is 0 Å². The molecule has 0 unspecified atom stereocenters. The van der Waals surface area contributed by atoms with Gasteiger partial charge >= 0.3 is 5.69 Å². The summed E-state index contributed by atoms with van der Waals surface area (Å²) >= 11 is 0. The number of anilines is 2. The molecular formula is C17H21N3O5. The molecule has 1 aromatic carbocycles. The van der Waals surface area contributed by atoms with Crippen molar-refractivity contribution < 1.29 is 14.6 Å². The molecule has 134 valence electrons. The highest BCUT2D eigenvalue weighted by molar-refractivity contribution is 5.58. The van der Waals surface area contributed by atoms with Gasteiger partial charge in [0.25, 0.3) is 5.56 Å². The SMILES string of the molecule is CCOc1ccc(Nc2cn([C@H]3CC[C@@H](CO)O3)c(=O)[nH]c2=O)cc1. The number of aliphatic hydroxyl groups is 1. The highest BCUT2D eigenvalue weighted by atomic mass is 16.5. The number of benzene rings is 1. The molecule has 2 aromatic rings. The molecule has 0 saturated carbocycles. The van der Waals surface area contributed by atoms with Gasteiger partial charge in [0.2, 0.25) is 0 Å². The molecule has 0 amide bonds. The third-order valence-corrected chi connectivity index (χ3v) is 4.01. The van der Waals surface area contributed by atoms with Crippen molar-refractivity contribution in [3.05, 3.63) is 51.3 Å². The van der Waals surface area contributed by atoms with E-state index in [0.717, 1.165) is 5.75 Å². The first-order valence-electron chi connectivity index (χ1n) is 8.22. The molecule has 0 bridgehead atoms. The number of aliphatic hydroxyl groups excluding tert-OH is 1. The summed E-state index contributed by atoms with van der Waals surface area (Å²) in [5.74, 6) is 0.737. The fourth-order valence-electron chi connectivity index (χ4n) is 2.77. The van der Waals surface area contributed by atoms with Crippen molar-refractivity contribution in [2.24, 2.45) is 0 Å². The summed E-state index contributed by atoms with van der Waals surface area (Å²) in [5, 5.41) is 12.2. The average molecular weight is 347 g/mol.